The summed E-state index contributed by atoms with van der Waals surface area (Å²) in [6, 6.07) is 20.7. The quantitative estimate of drug-likeness (QED) is 0.373. The number of para-hydroxylation sites is 2. The van der Waals surface area contributed by atoms with E-state index in [0.717, 1.165) is 82.1 Å². The highest BCUT2D eigenvalue weighted by Crippen LogP contribution is 2.34. The smallest absolute Gasteiger partial charge is 0.159 e. The van der Waals surface area contributed by atoms with Gasteiger partial charge in [0.2, 0.25) is 0 Å². The minimum Gasteiger partial charge on any atom is -0.369 e. The second-order valence-electron chi connectivity index (χ2n) is 8.98. The standard InChI is InChI=1S/C26H24N8/c1-33-11-13-34(14-12-33)16-9-10-20-22(15-16)30-26(29-20)24-23-17(5-4-8-21(23)31-32-24)25-27-18-6-2-3-7-19(18)28-25/h2-10,15H,11-14H2,1H3,(H,27,28)(H,29,30)(H,31,32). The number of fused-ring (bicyclic) bond motifs is 3. The van der Waals surface area contributed by atoms with Gasteiger partial charge in [-0.3, -0.25) is 5.10 Å². The van der Waals surface area contributed by atoms with E-state index in [-0.39, 0.29) is 0 Å². The Morgan fingerprint density at radius 2 is 1.50 bits per heavy atom. The van der Waals surface area contributed by atoms with Crippen molar-refractivity contribution in [1.29, 1.82) is 0 Å². The Bertz CT molecular complexity index is 1610. The summed E-state index contributed by atoms with van der Waals surface area (Å²) >= 11 is 0. The van der Waals surface area contributed by atoms with Crippen LogP contribution in [0, 0.1) is 0 Å². The van der Waals surface area contributed by atoms with E-state index in [1.165, 1.54) is 5.69 Å². The van der Waals surface area contributed by atoms with Gasteiger partial charge < -0.3 is 19.8 Å². The number of likely N-dealkylation sites (N-methyl/N-ethyl adjacent to an activating group) is 1. The van der Waals surface area contributed by atoms with Gasteiger partial charge in [-0.2, -0.15) is 5.10 Å². The molecule has 0 bridgehead atoms. The lowest BCUT2D eigenvalue weighted by atomic mass is 10.1. The second-order valence-corrected chi connectivity index (χ2v) is 8.98. The Hall–Kier alpha value is -4.17. The number of nitrogens with zero attached hydrogens (tertiary/aromatic N) is 5. The van der Waals surface area contributed by atoms with Gasteiger partial charge in [0.05, 0.1) is 27.6 Å². The predicted octanol–water partition coefficient (Wildman–Crippen LogP) is 4.40. The minimum absolute atomic E-state index is 0.750. The maximum atomic E-state index is 4.89. The zero-order valence-electron chi connectivity index (χ0n) is 18.8. The third-order valence-corrected chi connectivity index (χ3v) is 6.79. The largest absolute Gasteiger partial charge is 0.369 e. The van der Waals surface area contributed by atoms with Crippen molar-refractivity contribution in [3.8, 4) is 22.9 Å². The predicted molar refractivity (Wildman–Crippen MR) is 136 cm³/mol. The molecule has 1 aliphatic heterocycles. The lowest BCUT2D eigenvalue weighted by molar-refractivity contribution is 0.313. The van der Waals surface area contributed by atoms with Gasteiger partial charge in [0.1, 0.15) is 11.5 Å². The van der Waals surface area contributed by atoms with Gasteiger partial charge in [-0.15, -0.1) is 0 Å². The molecule has 3 N–H and O–H groups in total. The summed E-state index contributed by atoms with van der Waals surface area (Å²) in [5.74, 6) is 1.57. The third kappa shape index (κ3) is 3.07. The molecule has 0 aliphatic carbocycles. The van der Waals surface area contributed by atoms with Gasteiger partial charge in [0.25, 0.3) is 0 Å². The number of nitrogens with one attached hydrogen (secondary N) is 3. The second kappa shape index (κ2) is 7.43. The van der Waals surface area contributed by atoms with E-state index in [2.05, 4.69) is 61.3 Å². The lowest BCUT2D eigenvalue weighted by Crippen LogP contribution is -2.44. The molecule has 0 amide bonds. The van der Waals surface area contributed by atoms with Crippen LogP contribution in [-0.4, -0.2) is 68.3 Å². The molecule has 7 rings (SSSR count). The molecule has 6 aromatic rings. The first-order valence-corrected chi connectivity index (χ1v) is 11.6. The highest BCUT2D eigenvalue weighted by atomic mass is 15.2. The van der Waals surface area contributed by atoms with Gasteiger partial charge in [-0.05, 0) is 43.4 Å². The van der Waals surface area contributed by atoms with Crippen LogP contribution in [0.15, 0.2) is 60.7 Å². The molecular formula is C26H24N8. The summed E-state index contributed by atoms with van der Waals surface area (Å²) in [5.41, 5.74) is 7.88. The average Bonchev–Trinajstić information content (AvgIpc) is 3.59. The molecule has 0 atom stereocenters. The normalized spacial score (nSPS) is 15.1. The van der Waals surface area contributed by atoms with Crippen molar-refractivity contribution in [3.05, 3.63) is 60.7 Å². The number of hydrogen-bond donors (Lipinski definition) is 3. The van der Waals surface area contributed by atoms with Gasteiger partial charge in [-0.25, -0.2) is 9.97 Å². The molecule has 4 heterocycles. The molecular weight excluding hydrogens is 424 g/mol. The van der Waals surface area contributed by atoms with Crippen LogP contribution in [0.25, 0.3) is 55.9 Å². The van der Waals surface area contributed by atoms with E-state index >= 15 is 0 Å². The van der Waals surface area contributed by atoms with E-state index in [1.807, 2.05) is 36.4 Å². The van der Waals surface area contributed by atoms with Gasteiger partial charge in [0.15, 0.2) is 5.82 Å². The Morgan fingerprint density at radius 1 is 0.735 bits per heavy atom. The third-order valence-electron chi connectivity index (χ3n) is 6.79. The Labute approximate surface area is 195 Å². The number of imidazole rings is 2. The zero-order valence-corrected chi connectivity index (χ0v) is 18.8. The number of piperazine rings is 1. The monoisotopic (exact) mass is 448 g/mol. The van der Waals surface area contributed by atoms with Crippen molar-refractivity contribution >= 4 is 38.7 Å². The fourth-order valence-electron chi connectivity index (χ4n) is 4.89. The molecule has 0 saturated carbocycles. The first-order chi connectivity index (χ1) is 16.7. The summed E-state index contributed by atoms with van der Waals surface area (Å²) in [5, 5.41) is 8.82. The van der Waals surface area contributed by atoms with Crippen LogP contribution in [0.1, 0.15) is 0 Å². The fourth-order valence-corrected chi connectivity index (χ4v) is 4.89. The number of hydrogen-bond acceptors (Lipinski definition) is 5. The molecule has 3 aromatic carbocycles. The van der Waals surface area contributed by atoms with Crippen LogP contribution in [0.2, 0.25) is 0 Å². The maximum absolute atomic E-state index is 4.89. The minimum atomic E-state index is 0.750. The summed E-state index contributed by atoms with van der Waals surface area (Å²) < 4.78 is 0. The Morgan fingerprint density at radius 3 is 2.38 bits per heavy atom. The Balaban J connectivity index is 1.33. The fraction of sp³-hybridized carbons (Fsp3) is 0.192. The molecule has 34 heavy (non-hydrogen) atoms. The number of anilines is 1. The molecule has 8 nitrogen and oxygen atoms in total. The molecule has 1 fully saturated rings. The highest BCUT2D eigenvalue weighted by Gasteiger charge is 2.19. The molecule has 0 spiro atoms. The molecule has 3 aromatic heterocycles. The molecule has 168 valence electrons. The number of H-pyrrole nitrogens is 3. The van der Waals surface area contributed by atoms with E-state index in [0.29, 0.717) is 0 Å². The number of rotatable bonds is 3. The lowest BCUT2D eigenvalue weighted by Gasteiger charge is -2.34. The van der Waals surface area contributed by atoms with Crippen LogP contribution in [0.4, 0.5) is 5.69 Å². The van der Waals surface area contributed by atoms with E-state index in [9.17, 15) is 0 Å². The van der Waals surface area contributed by atoms with Crippen molar-refractivity contribution in [2.24, 2.45) is 0 Å². The molecule has 1 saturated heterocycles. The summed E-state index contributed by atoms with van der Waals surface area (Å²) in [6.45, 7) is 4.23. The summed E-state index contributed by atoms with van der Waals surface area (Å²) in [4.78, 5) is 21.5. The first kappa shape index (κ1) is 19.3. The zero-order chi connectivity index (χ0) is 22.6. The van der Waals surface area contributed by atoms with E-state index < -0.39 is 0 Å². The molecule has 8 heteroatoms. The van der Waals surface area contributed by atoms with Crippen LogP contribution < -0.4 is 4.90 Å². The van der Waals surface area contributed by atoms with Crippen molar-refractivity contribution in [2.45, 2.75) is 0 Å². The van der Waals surface area contributed by atoms with Gasteiger partial charge in [-0.1, -0.05) is 24.3 Å². The number of aromatic nitrogens is 6. The highest BCUT2D eigenvalue weighted by molar-refractivity contribution is 6.03. The van der Waals surface area contributed by atoms with Crippen molar-refractivity contribution in [2.75, 3.05) is 38.1 Å². The molecule has 1 aliphatic rings. The number of aromatic amines is 3. The van der Waals surface area contributed by atoms with Crippen LogP contribution >= 0.6 is 0 Å². The van der Waals surface area contributed by atoms with E-state index in [1.54, 1.807) is 0 Å². The van der Waals surface area contributed by atoms with Crippen molar-refractivity contribution < 1.29 is 0 Å². The molecule has 0 radical (unpaired) electrons. The first-order valence-electron chi connectivity index (χ1n) is 11.6. The molecule has 0 unspecified atom stereocenters. The summed E-state index contributed by atoms with van der Waals surface area (Å²) in [6.07, 6.45) is 0. The average molecular weight is 449 g/mol. The van der Waals surface area contributed by atoms with E-state index in [4.69, 9.17) is 9.97 Å². The van der Waals surface area contributed by atoms with Crippen LogP contribution in [-0.2, 0) is 0 Å². The Kier molecular flexibility index (Phi) is 4.22. The van der Waals surface area contributed by atoms with Crippen LogP contribution in [0.3, 0.4) is 0 Å². The summed E-state index contributed by atoms with van der Waals surface area (Å²) in [7, 11) is 2.18. The van der Waals surface area contributed by atoms with Gasteiger partial charge in [0, 0.05) is 42.8 Å². The van der Waals surface area contributed by atoms with Gasteiger partial charge >= 0.3 is 0 Å². The van der Waals surface area contributed by atoms with Crippen molar-refractivity contribution in [1.82, 2.24) is 35.0 Å². The topological polar surface area (TPSA) is 92.5 Å². The SMILES string of the molecule is CN1CCN(c2ccc3nc(-c4n[nH]c5cccc(-c6nc7ccccc7[nH]6)c45)[nH]c3c2)CC1. The maximum Gasteiger partial charge on any atom is 0.159 e. The van der Waals surface area contributed by atoms with Crippen LogP contribution in [0.5, 0.6) is 0 Å². The van der Waals surface area contributed by atoms with Crippen molar-refractivity contribution in [3.63, 3.8) is 0 Å². The number of benzene rings is 3.